The topological polar surface area (TPSA) is 32.3 Å². The van der Waals surface area contributed by atoms with Crippen molar-refractivity contribution in [1.29, 1.82) is 0 Å². The first-order valence-electron chi connectivity index (χ1n) is 6.12. The molecular formula is C15H14N2OS. The van der Waals surface area contributed by atoms with Crippen LogP contribution < -0.4 is 5.32 Å². The maximum atomic E-state index is 12.6. The van der Waals surface area contributed by atoms with E-state index in [1.807, 2.05) is 41.8 Å². The molecule has 1 aliphatic heterocycles. The average molecular weight is 270 g/mol. The predicted octanol–water partition coefficient (Wildman–Crippen LogP) is 3.50. The summed E-state index contributed by atoms with van der Waals surface area (Å²) < 4.78 is 0. The van der Waals surface area contributed by atoms with Gasteiger partial charge in [0.05, 0.1) is 5.56 Å². The third-order valence-corrected chi connectivity index (χ3v) is 4.09. The molecule has 3 nitrogen and oxygen atoms in total. The molecule has 1 unspecified atom stereocenters. The van der Waals surface area contributed by atoms with Gasteiger partial charge in [0.25, 0.3) is 5.91 Å². The number of nitrogens with zero attached hydrogens (tertiary/aromatic N) is 1. The number of carbonyl (C=O) groups excluding carboxylic acids is 1. The van der Waals surface area contributed by atoms with Gasteiger partial charge in [0, 0.05) is 17.1 Å². The van der Waals surface area contributed by atoms with E-state index in [1.54, 1.807) is 22.3 Å². The van der Waals surface area contributed by atoms with E-state index in [4.69, 9.17) is 0 Å². The summed E-state index contributed by atoms with van der Waals surface area (Å²) in [6.07, 6.45) is 1.65. The Labute approximate surface area is 116 Å². The van der Waals surface area contributed by atoms with Crippen molar-refractivity contribution in [2.24, 2.45) is 0 Å². The van der Waals surface area contributed by atoms with Crippen LogP contribution in [0.3, 0.4) is 0 Å². The van der Waals surface area contributed by atoms with Crippen LogP contribution in [0.2, 0.25) is 0 Å². The van der Waals surface area contributed by atoms with Crippen LogP contribution in [0, 0.1) is 0 Å². The number of rotatable bonds is 3. The van der Waals surface area contributed by atoms with E-state index >= 15 is 0 Å². The molecule has 0 saturated heterocycles. The quantitative estimate of drug-likeness (QED) is 0.866. The average Bonchev–Trinajstić information content (AvgIpc) is 2.96. The summed E-state index contributed by atoms with van der Waals surface area (Å²) in [6.45, 7) is 4.27. The first kappa shape index (κ1) is 12.0. The minimum absolute atomic E-state index is 0.0488. The molecule has 0 radical (unpaired) electrons. The molecular weight excluding hydrogens is 256 g/mol. The van der Waals surface area contributed by atoms with Crippen molar-refractivity contribution < 1.29 is 4.79 Å². The van der Waals surface area contributed by atoms with Gasteiger partial charge >= 0.3 is 0 Å². The molecule has 2 aromatic rings. The van der Waals surface area contributed by atoms with Crippen LogP contribution in [0.25, 0.3) is 0 Å². The zero-order valence-corrected chi connectivity index (χ0v) is 11.2. The Hall–Kier alpha value is -2.07. The number of para-hydroxylation sites is 1. The largest absolute Gasteiger partial charge is 0.360 e. The Bertz CT molecular complexity index is 606. The summed E-state index contributed by atoms with van der Waals surface area (Å²) in [5.41, 5.74) is 1.61. The normalized spacial score (nSPS) is 17.8. The highest BCUT2D eigenvalue weighted by Crippen LogP contribution is 2.34. The summed E-state index contributed by atoms with van der Waals surface area (Å²) in [4.78, 5) is 15.5. The van der Waals surface area contributed by atoms with Crippen molar-refractivity contribution in [3.63, 3.8) is 0 Å². The van der Waals surface area contributed by atoms with Crippen molar-refractivity contribution in [3.8, 4) is 0 Å². The Balaban J connectivity index is 2.05. The van der Waals surface area contributed by atoms with Crippen molar-refractivity contribution in [2.45, 2.75) is 6.17 Å². The van der Waals surface area contributed by atoms with Crippen LogP contribution in [0.5, 0.6) is 0 Å². The van der Waals surface area contributed by atoms with Crippen molar-refractivity contribution in [2.75, 3.05) is 11.9 Å². The lowest BCUT2D eigenvalue weighted by atomic mass is 10.1. The summed E-state index contributed by atoms with van der Waals surface area (Å²) in [5.74, 6) is 0.0488. The van der Waals surface area contributed by atoms with E-state index in [-0.39, 0.29) is 12.1 Å². The van der Waals surface area contributed by atoms with Crippen LogP contribution in [-0.2, 0) is 0 Å². The van der Waals surface area contributed by atoms with Gasteiger partial charge in [-0.2, -0.15) is 0 Å². The van der Waals surface area contributed by atoms with Gasteiger partial charge in [0.1, 0.15) is 6.17 Å². The van der Waals surface area contributed by atoms with Crippen molar-refractivity contribution >= 4 is 22.9 Å². The zero-order chi connectivity index (χ0) is 13.2. The second-order valence-electron chi connectivity index (χ2n) is 4.35. The van der Waals surface area contributed by atoms with Gasteiger partial charge in [0.2, 0.25) is 0 Å². The van der Waals surface area contributed by atoms with E-state index in [1.165, 1.54) is 0 Å². The van der Waals surface area contributed by atoms with E-state index in [0.717, 1.165) is 16.1 Å². The highest BCUT2D eigenvalue weighted by molar-refractivity contribution is 7.10. The molecule has 1 aromatic heterocycles. The van der Waals surface area contributed by atoms with Gasteiger partial charge in [-0.1, -0.05) is 24.3 Å². The highest BCUT2D eigenvalue weighted by Gasteiger charge is 2.32. The molecule has 0 spiro atoms. The first-order chi connectivity index (χ1) is 9.31. The molecule has 1 amide bonds. The fraction of sp³-hybridized carbons (Fsp3) is 0.133. The van der Waals surface area contributed by atoms with Crippen molar-refractivity contribution in [3.05, 3.63) is 64.9 Å². The molecule has 19 heavy (non-hydrogen) atoms. The van der Waals surface area contributed by atoms with Gasteiger partial charge < -0.3 is 10.2 Å². The third kappa shape index (κ3) is 2.04. The third-order valence-electron chi connectivity index (χ3n) is 3.16. The number of hydrogen-bond donors (Lipinski definition) is 1. The van der Waals surface area contributed by atoms with E-state index in [2.05, 4.69) is 11.9 Å². The Kier molecular flexibility index (Phi) is 3.09. The minimum Gasteiger partial charge on any atom is -0.360 e. The smallest absolute Gasteiger partial charge is 0.258 e. The zero-order valence-electron chi connectivity index (χ0n) is 10.4. The van der Waals surface area contributed by atoms with Crippen LogP contribution in [-0.4, -0.2) is 17.4 Å². The molecule has 0 fully saturated rings. The number of hydrogen-bond acceptors (Lipinski definition) is 3. The maximum Gasteiger partial charge on any atom is 0.258 e. The number of fused-ring (bicyclic) bond motifs is 1. The molecule has 1 aromatic carbocycles. The second-order valence-corrected chi connectivity index (χ2v) is 5.33. The first-order valence-corrected chi connectivity index (χ1v) is 7.00. The van der Waals surface area contributed by atoms with Gasteiger partial charge in [-0.3, -0.25) is 4.79 Å². The molecule has 2 heterocycles. The summed E-state index contributed by atoms with van der Waals surface area (Å²) >= 11 is 1.65. The lowest BCUT2D eigenvalue weighted by Gasteiger charge is -2.36. The number of nitrogens with one attached hydrogen (secondary N) is 1. The number of thiophene rings is 1. The SMILES string of the molecule is C=CCN1C(=O)c2ccccc2NC1c1cccs1. The molecule has 0 aliphatic carbocycles. The van der Waals surface area contributed by atoms with Crippen LogP contribution >= 0.6 is 11.3 Å². The van der Waals surface area contributed by atoms with Crippen molar-refractivity contribution in [1.82, 2.24) is 4.90 Å². The van der Waals surface area contributed by atoms with Crippen LogP contribution in [0.15, 0.2) is 54.4 Å². The van der Waals surface area contributed by atoms with E-state index < -0.39 is 0 Å². The summed E-state index contributed by atoms with van der Waals surface area (Å²) in [5, 5.41) is 5.45. The molecule has 4 heteroatoms. The molecule has 3 rings (SSSR count). The Morgan fingerprint density at radius 2 is 2.16 bits per heavy atom. The Morgan fingerprint density at radius 3 is 2.89 bits per heavy atom. The fourth-order valence-corrected chi connectivity index (χ4v) is 3.08. The lowest BCUT2D eigenvalue weighted by molar-refractivity contribution is 0.0710. The van der Waals surface area contributed by atoms with Gasteiger partial charge in [0.15, 0.2) is 0 Å². The number of anilines is 1. The summed E-state index contributed by atoms with van der Waals surface area (Å²) in [7, 11) is 0. The van der Waals surface area contributed by atoms with Crippen LogP contribution in [0.4, 0.5) is 5.69 Å². The molecule has 0 bridgehead atoms. The minimum atomic E-state index is -0.111. The fourth-order valence-electron chi connectivity index (χ4n) is 2.29. The van der Waals surface area contributed by atoms with Gasteiger partial charge in [-0.15, -0.1) is 17.9 Å². The van der Waals surface area contributed by atoms with E-state index in [0.29, 0.717) is 6.54 Å². The number of benzene rings is 1. The number of carbonyl (C=O) groups is 1. The Morgan fingerprint density at radius 1 is 1.32 bits per heavy atom. The monoisotopic (exact) mass is 270 g/mol. The predicted molar refractivity (Wildman–Crippen MR) is 78.4 cm³/mol. The number of amides is 1. The molecule has 0 saturated carbocycles. The molecule has 1 aliphatic rings. The van der Waals surface area contributed by atoms with Gasteiger partial charge in [-0.25, -0.2) is 0 Å². The standard InChI is InChI=1S/C15H14N2OS/c1-2-9-17-14(13-8-5-10-19-13)16-12-7-4-3-6-11(12)15(17)18/h2-8,10,14,16H,1,9H2. The van der Waals surface area contributed by atoms with E-state index in [9.17, 15) is 4.79 Å². The molecule has 1 N–H and O–H groups in total. The van der Waals surface area contributed by atoms with Crippen LogP contribution in [0.1, 0.15) is 21.4 Å². The maximum absolute atomic E-state index is 12.6. The molecule has 1 atom stereocenters. The summed E-state index contributed by atoms with van der Waals surface area (Å²) in [6, 6.07) is 11.7. The highest BCUT2D eigenvalue weighted by atomic mass is 32.1. The second kappa shape index (κ2) is 4.90. The lowest BCUT2D eigenvalue weighted by Crippen LogP contribution is -2.42. The molecule has 96 valence electrons. The van der Waals surface area contributed by atoms with Gasteiger partial charge in [-0.05, 0) is 23.6 Å².